The molecule has 0 N–H and O–H groups in total. The summed E-state index contributed by atoms with van der Waals surface area (Å²) in [4.78, 5) is 10.8. The lowest BCUT2D eigenvalue weighted by Gasteiger charge is -2.18. The Labute approximate surface area is 162 Å². The SMILES string of the molecule is C/C=C/C(C)=C/C(=O)OCC.CC1=CC(C)(C)COc2ccc(Cl)cc21. The summed E-state index contributed by atoms with van der Waals surface area (Å²) < 4.78 is 10.5. The Balaban J connectivity index is 0.000000276. The molecule has 0 aliphatic carbocycles. The predicted molar refractivity (Wildman–Crippen MR) is 110 cm³/mol. The van der Waals surface area contributed by atoms with Gasteiger partial charge in [-0.15, -0.1) is 0 Å². The molecule has 2 rings (SSSR count). The molecule has 0 unspecified atom stereocenters. The average Bonchev–Trinajstić information content (AvgIpc) is 2.64. The van der Waals surface area contributed by atoms with Gasteiger partial charge in [0.25, 0.3) is 0 Å². The average molecular weight is 377 g/mol. The smallest absolute Gasteiger partial charge is 0.330 e. The van der Waals surface area contributed by atoms with E-state index in [1.807, 2.05) is 44.2 Å². The fourth-order valence-electron chi connectivity index (χ4n) is 2.59. The van der Waals surface area contributed by atoms with Gasteiger partial charge in [-0.1, -0.05) is 43.7 Å². The number of carbonyl (C=O) groups excluding carboxylic acids is 1. The lowest BCUT2D eigenvalue weighted by atomic mass is 9.91. The van der Waals surface area contributed by atoms with E-state index in [0.717, 1.165) is 21.9 Å². The first-order valence-corrected chi connectivity index (χ1v) is 9.16. The summed E-state index contributed by atoms with van der Waals surface area (Å²) in [5.41, 5.74) is 3.32. The van der Waals surface area contributed by atoms with Crippen molar-refractivity contribution in [2.45, 2.75) is 41.5 Å². The number of hydrogen-bond donors (Lipinski definition) is 0. The van der Waals surface area contributed by atoms with Gasteiger partial charge < -0.3 is 9.47 Å². The maximum absolute atomic E-state index is 10.8. The zero-order valence-corrected chi connectivity index (χ0v) is 17.3. The molecule has 0 bridgehead atoms. The Morgan fingerprint density at radius 2 is 2.08 bits per heavy atom. The van der Waals surface area contributed by atoms with Crippen LogP contribution in [0.2, 0.25) is 5.02 Å². The van der Waals surface area contributed by atoms with Crippen LogP contribution in [0, 0.1) is 5.41 Å². The Morgan fingerprint density at radius 3 is 2.69 bits per heavy atom. The third-order valence-corrected chi connectivity index (χ3v) is 3.87. The van der Waals surface area contributed by atoms with E-state index in [0.29, 0.717) is 13.2 Å². The zero-order chi connectivity index (χ0) is 19.7. The van der Waals surface area contributed by atoms with Gasteiger partial charge >= 0.3 is 5.97 Å². The number of esters is 1. The van der Waals surface area contributed by atoms with Gasteiger partial charge in [-0.25, -0.2) is 4.79 Å². The molecule has 26 heavy (non-hydrogen) atoms. The van der Waals surface area contributed by atoms with Crippen LogP contribution in [0.25, 0.3) is 5.57 Å². The quantitative estimate of drug-likeness (QED) is 0.356. The van der Waals surface area contributed by atoms with Gasteiger partial charge in [0.2, 0.25) is 0 Å². The Morgan fingerprint density at radius 1 is 1.38 bits per heavy atom. The van der Waals surface area contributed by atoms with Gasteiger partial charge in [-0.05, 0) is 57.0 Å². The van der Waals surface area contributed by atoms with Crippen LogP contribution in [0.1, 0.15) is 47.1 Å². The number of halogens is 1. The molecule has 0 fully saturated rings. The van der Waals surface area contributed by atoms with E-state index in [2.05, 4.69) is 26.8 Å². The first kappa shape index (κ1) is 22.0. The molecule has 1 aliphatic heterocycles. The van der Waals surface area contributed by atoms with Gasteiger partial charge in [0.05, 0.1) is 13.2 Å². The normalized spacial score (nSPS) is 15.8. The highest BCUT2D eigenvalue weighted by Gasteiger charge is 2.21. The highest BCUT2D eigenvalue weighted by atomic mass is 35.5. The minimum absolute atomic E-state index is 0.0789. The maximum atomic E-state index is 10.8. The van der Waals surface area contributed by atoms with E-state index in [1.54, 1.807) is 6.92 Å². The Kier molecular flexibility index (Phi) is 8.67. The van der Waals surface area contributed by atoms with Crippen molar-refractivity contribution in [2.75, 3.05) is 13.2 Å². The van der Waals surface area contributed by atoms with Gasteiger partial charge in [-0.3, -0.25) is 0 Å². The van der Waals surface area contributed by atoms with Crippen molar-refractivity contribution < 1.29 is 14.3 Å². The van der Waals surface area contributed by atoms with E-state index in [4.69, 9.17) is 21.1 Å². The second-order valence-electron chi connectivity index (χ2n) is 6.89. The molecule has 0 amide bonds. The number of fused-ring (bicyclic) bond motifs is 1. The van der Waals surface area contributed by atoms with Crippen molar-refractivity contribution in [3.05, 3.63) is 58.7 Å². The number of hydrogen-bond acceptors (Lipinski definition) is 3. The summed E-state index contributed by atoms with van der Waals surface area (Å²) in [6.07, 6.45) is 7.46. The lowest BCUT2D eigenvalue weighted by Crippen LogP contribution is -2.17. The van der Waals surface area contributed by atoms with E-state index in [-0.39, 0.29) is 11.4 Å². The molecule has 3 nitrogen and oxygen atoms in total. The van der Waals surface area contributed by atoms with Crippen molar-refractivity contribution >= 4 is 23.1 Å². The molecular formula is C22H29ClO3. The summed E-state index contributed by atoms with van der Waals surface area (Å²) in [5, 5.41) is 0.754. The van der Waals surface area contributed by atoms with Crippen LogP contribution in [0.15, 0.2) is 48.1 Å². The van der Waals surface area contributed by atoms with Gasteiger partial charge in [-0.2, -0.15) is 0 Å². The van der Waals surface area contributed by atoms with Crippen molar-refractivity contribution in [1.82, 2.24) is 0 Å². The molecule has 1 aliphatic rings. The van der Waals surface area contributed by atoms with E-state index < -0.39 is 0 Å². The number of ether oxygens (including phenoxy) is 2. The fourth-order valence-corrected chi connectivity index (χ4v) is 2.76. The third kappa shape index (κ3) is 7.49. The zero-order valence-electron chi connectivity index (χ0n) is 16.6. The largest absolute Gasteiger partial charge is 0.492 e. The molecular weight excluding hydrogens is 348 g/mol. The Hall–Kier alpha value is -2.00. The standard InChI is InChI=1S/C13H15ClO.C9H14O2/c1-9-7-13(2,3)8-15-12-5-4-10(14)6-11(9)12;1-4-6-8(3)7-9(10)11-5-2/h4-7H,8H2,1-3H3;4,6-7H,5H2,1-3H3/b;6-4+,8-7+. The summed E-state index contributed by atoms with van der Waals surface area (Å²) in [5.74, 6) is 0.654. The third-order valence-electron chi connectivity index (χ3n) is 3.64. The highest BCUT2D eigenvalue weighted by Crippen LogP contribution is 2.35. The minimum Gasteiger partial charge on any atom is -0.492 e. The molecule has 0 spiro atoms. The van der Waals surface area contributed by atoms with Gasteiger partial charge in [0, 0.05) is 22.1 Å². The molecule has 0 radical (unpaired) electrons. The van der Waals surface area contributed by atoms with E-state index in [1.165, 1.54) is 11.6 Å². The van der Waals surface area contributed by atoms with Crippen LogP contribution in [-0.4, -0.2) is 19.2 Å². The lowest BCUT2D eigenvalue weighted by molar-refractivity contribution is -0.137. The highest BCUT2D eigenvalue weighted by molar-refractivity contribution is 6.30. The Bertz CT molecular complexity index is 712. The van der Waals surface area contributed by atoms with Crippen LogP contribution in [-0.2, 0) is 9.53 Å². The molecule has 0 saturated carbocycles. The minimum atomic E-state index is -0.275. The second kappa shape index (κ2) is 10.2. The molecule has 0 saturated heterocycles. The molecule has 0 atom stereocenters. The molecule has 142 valence electrons. The monoisotopic (exact) mass is 376 g/mol. The number of carbonyl (C=O) groups is 1. The van der Waals surface area contributed by atoms with Gasteiger partial charge in [0.15, 0.2) is 0 Å². The van der Waals surface area contributed by atoms with Crippen LogP contribution in [0.3, 0.4) is 0 Å². The van der Waals surface area contributed by atoms with Crippen LogP contribution < -0.4 is 4.74 Å². The van der Waals surface area contributed by atoms with Crippen LogP contribution in [0.4, 0.5) is 0 Å². The van der Waals surface area contributed by atoms with Crippen molar-refractivity contribution in [3.8, 4) is 5.75 Å². The summed E-state index contributed by atoms with van der Waals surface area (Å²) in [6, 6.07) is 5.77. The fraction of sp³-hybridized carbons (Fsp3) is 0.409. The van der Waals surface area contributed by atoms with Gasteiger partial charge in [0.1, 0.15) is 5.75 Å². The summed E-state index contributed by atoms with van der Waals surface area (Å²) in [7, 11) is 0. The molecule has 0 aromatic heterocycles. The van der Waals surface area contributed by atoms with Crippen molar-refractivity contribution in [3.63, 3.8) is 0 Å². The predicted octanol–water partition coefficient (Wildman–Crippen LogP) is 6.23. The first-order chi connectivity index (χ1) is 12.2. The second-order valence-corrected chi connectivity index (χ2v) is 7.32. The van der Waals surface area contributed by atoms with Crippen LogP contribution >= 0.6 is 11.6 Å². The summed E-state index contributed by atoms with van der Waals surface area (Å²) in [6.45, 7) is 13.1. The van der Waals surface area contributed by atoms with Crippen molar-refractivity contribution in [1.29, 1.82) is 0 Å². The number of rotatable bonds is 3. The molecule has 4 heteroatoms. The van der Waals surface area contributed by atoms with E-state index in [9.17, 15) is 4.79 Å². The first-order valence-electron chi connectivity index (χ1n) is 8.78. The van der Waals surface area contributed by atoms with Crippen LogP contribution in [0.5, 0.6) is 5.75 Å². The van der Waals surface area contributed by atoms with E-state index >= 15 is 0 Å². The molecule has 1 aromatic rings. The molecule has 1 heterocycles. The maximum Gasteiger partial charge on any atom is 0.330 e. The number of benzene rings is 1. The van der Waals surface area contributed by atoms with Crippen molar-refractivity contribution in [2.24, 2.45) is 5.41 Å². The topological polar surface area (TPSA) is 35.5 Å². The molecule has 1 aromatic carbocycles. The summed E-state index contributed by atoms with van der Waals surface area (Å²) >= 11 is 5.98. The number of allylic oxidation sites excluding steroid dienone is 4.